The van der Waals surface area contributed by atoms with Gasteiger partial charge in [0.15, 0.2) is 0 Å². The minimum absolute atomic E-state index is 0.125. The molecule has 7 heteroatoms. The molecule has 1 aromatic rings. The van der Waals surface area contributed by atoms with Crippen LogP contribution in [-0.2, 0) is 10.0 Å². The molecule has 1 aliphatic carbocycles. The number of nitrogens with one attached hydrogen (secondary N) is 1. The van der Waals surface area contributed by atoms with Crippen LogP contribution in [0.1, 0.15) is 32.6 Å². The quantitative estimate of drug-likeness (QED) is 0.809. The predicted molar refractivity (Wildman–Crippen MR) is 80.3 cm³/mol. The van der Waals surface area contributed by atoms with Crippen molar-refractivity contribution in [3.63, 3.8) is 0 Å². The molecular weight excluding hydrogens is 347 g/mol. The summed E-state index contributed by atoms with van der Waals surface area (Å²) in [5, 5.41) is 0. The Balaban J connectivity index is 2.20. The van der Waals surface area contributed by atoms with Crippen LogP contribution in [0.15, 0.2) is 21.5 Å². The zero-order valence-electron chi connectivity index (χ0n) is 11.2. The largest absolute Gasteiger partial charge is 0.398 e. The summed E-state index contributed by atoms with van der Waals surface area (Å²) in [5.41, 5.74) is 5.83. The molecule has 0 spiro atoms. The number of anilines is 1. The Labute approximate surface area is 127 Å². The van der Waals surface area contributed by atoms with Gasteiger partial charge in [-0.15, -0.1) is 0 Å². The van der Waals surface area contributed by atoms with E-state index < -0.39 is 20.7 Å². The molecule has 112 valence electrons. The van der Waals surface area contributed by atoms with Crippen LogP contribution < -0.4 is 10.5 Å². The minimum atomic E-state index is -3.87. The first-order valence-electron chi connectivity index (χ1n) is 6.56. The average Bonchev–Trinajstić information content (AvgIpc) is 2.36. The summed E-state index contributed by atoms with van der Waals surface area (Å²) in [5.74, 6) is -0.182. The van der Waals surface area contributed by atoms with Gasteiger partial charge in [0.1, 0.15) is 10.7 Å². The summed E-state index contributed by atoms with van der Waals surface area (Å²) < 4.78 is 41.3. The Kier molecular flexibility index (Phi) is 4.71. The van der Waals surface area contributed by atoms with Crippen LogP contribution in [0.25, 0.3) is 0 Å². The number of halogens is 2. The van der Waals surface area contributed by atoms with Gasteiger partial charge in [-0.3, -0.25) is 0 Å². The molecule has 20 heavy (non-hydrogen) atoms. The number of benzene rings is 1. The molecule has 1 aliphatic rings. The zero-order valence-corrected chi connectivity index (χ0v) is 13.6. The Morgan fingerprint density at radius 3 is 2.50 bits per heavy atom. The maximum absolute atomic E-state index is 13.8. The van der Waals surface area contributed by atoms with Crippen LogP contribution in [0.3, 0.4) is 0 Å². The van der Waals surface area contributed by atoms with E-state index in [1.54, 1.807) is 0 Å². The van der Waals surface area contributed by atoms with Crippen molar-refractivity contribution in [2.75, 3.05) is 5.73 Å². The summed E-state index contributed by atoms with van der Waals surface area (Å²) >= 11 is 3.07. The Morgan fingerprint density at radius 2 is 1.90 bits per heavy atom. The molecule has 0 amide bonds. The normalized spacial score (nSPS) is 23.8. The number of hydrogen-bond acceptors (Lipinski definition) is 3. The molecule has 0 atom stereocenters. The van der Waals surface area contributed by atoms with Gasteiger partial charge in [-0.1, -0.05) is 6.92 Å². The Hall–Kier alpha value is -0.660. The minimum Gasteiger partial charge on any atom is -0.398 e. The first-order valence-corrected chi connectivity index (χ1v) is 8.84. The van der Waals surface area contributed by atoms with E-state index in [-0.39, 0.29) is 11.7 Å². The lowest BCUT2D eigenvalue weighted by Crippen LogP contribution is -2.37. The molecule has 1 fully saturated rings. The SMILES string of the molecule is CC1CCC(NS(=O)(=O)c2cc(N)c(Br)cc2F)CC1. The maximum Gasteiger partial charge on any atom is 0.243 e. The molecule has 0 aromatic heterocycles. The van der Waals surface area contributed by atoms with Crippen LogP contribution >= 0.6 is 15.9 Å². The first kappa shape index (κ1) is 15.7. The lowest BCUT2D eigenvalue weighted by Gasteiger charge is -2.26. The lowest BCUT2D eigenvalue weighted by atomic mass is 9.88. The van der Waals surface area contributed by atoms with Crippen molar-refractivity contribution in [1.82, 2.24) is 4.72 Å². The number of nitrogen functional groups attached to an aromatic ring is 1. The average molecular weight is 365 g/mol. The molecule has 0 heterocycles. The van der Waals surface area contributed by atoms with Crippen LogP contribution in [0.5, 0.6) is 0 Å². The van der Waals surface area contributed by atoms with Crippen molar-refractivity contribution in [3.8, 4) is 0 Å². The number of sulfonamides is 1. The Morgan fingerprint density at radius 1 is 1.30 bits per heavy atom. The fourth-order valence-corrected chi connectivity index (χ4v) is 4.13. The van der Waals surface area contributed by atoms with Gasteiger partial charge in [-0.25, -0.2) is 17.5 Å². The molecule has 0 aliphatic heterocycles. The summed E-state index contributed by atoms with van der Waals surface area (Å²) in [6, 6.07) is 2.10. The summed E-state index contributed by atoms with van der Waals surface area (Å²) in [7, 11) is -3.87. The van der Waals surface area contributed by atoms with Gasteiger partial charge in [-0.2, -0.15) is 0 Å². The first-order chi connectivity index (χ1) is 9.29. The van der Waals surface area contributed by atoms with Crippen LogP contribution in [0.2, 0.25) is 0 Å². The van der Waals surface area contributed by atoms with E-state index in [1.807, 2.05) is 0 Å². The van der Waals surface area contributed by atoms with Crippen LogP contribution in [0.4, 0.5) is 10.1 Å². The monoisotopic (exact) mass is 364 g/mol. The van der Waals surface area contributed by atoms with E-state index in [0.29, 0.717) is 10.4 Å². The van der Waals surface area contributed by atoms with Gasteiger partial charge in [0.2, 0.25) is 10.0 Å². The Bertz CT molecular complexity index is 599. The van der Waals surface area contributed by atoms with Crippen molar-refractivity contribution >= 4 is 31.6 Å². The van der Waals surface area contributed by atoms with E-state index in [2.05, 4.69) is 27.6 Å². The highest BCUT2D eigenvalue weighted by molar-refractivity contribution is 9.10. The maximum atomic E-state index is 13.8. The van der Waals surface area contributed by atoms with Gasteiger partial charge < -0.3 is 5.73 Å². The predicted octanol–water partition coefficient (Wildman–Crippen LogP) is 3.03. The third kappa shape index (κ3) is 3.51. The summed E-state index contributed by atoms with van der Waals surface area (Å²) in [6.07, 6.45) is 3.54. The molecule has 1 aromatic carbocycles. The molecule has 3 N–H and O–H groups in total. The summed E-state index contributed by atoms with van der Waals surface area (Å²) in [6.45, 7) is 2.15. The zero-order chi connectivity index (χ0) is 14.9. The van der Waals surface area contributed by atoms with Crippen LogP contribution in [0, 0.1) is 11.7 Å². The molecule has 0 radical (unpaired) electrons. The molecular formula is C13H18BrFN2O2S. The number of nitrogens with two attached hydrogens (primary N) is 1. The lowest BCUT2D eigenvalue weighted by molar-refractivity contribution is 0.332. The third-order valence-electron chi connectivity index (χ3n) is 3.68. The molecule has 0 unspecified atom stereocenters. The molecule has 2 rings (SSSR count). The van der Waals surface area contributed by atoms with Gasteiger partial charge in [-0.05, 0) is 59.7 Å². The van der Waals surface area contributed by atoms with Gasteiger partial charge in [0, 0.05) is 16.2 Å². The topological polar surface area (TPSA) is 72.2 Å². The second-order valence-corrected chi connectivity index (χ2v) is 7.92. The van der Waals surface area contributed by atoms with Gasteiger partial charge >= 0.3 is 0 Å². The van der Waals surface area contributed by atoms with Crippen molar-refractivity contribution in [1.29, 1.82) is 0 Å². The van der Waals surface area contributed by atoms with E-state index in [0.717, 1.165) is 37.8 Å². The highest BCUT2D eigenvalue weighted by Crippen LogP contribution is 2.28. The number of hydrogen-bond donors (Lipinski definition) is 2. The molecule has 0 bridgehead atoms. The van der Waals surface area contributed by atoms with Crippen molar-refractivity contribution < 1.29 is 12.8 Å². The highest BCUT2D eigenvalue weighted by atomic mass is 79.9. The van der Waals surface area contributed by atoms with Crippen molar-refractivity contribution in [3.05, 3.63) is 22.4 Å². The fraction of sp³-hybridized carbons (Fsp3) is 0.538. The second-order valence-electron chi connectivity index (χ2n) is 5.38. The van der Waals surface area contributed by atoms with E-state index >= 15 is 0 Å². The van der Waals surface area contributed by atoms with E-state index in [9.17, 15) is 12.8 Å². The van der Waals surface area contributed by atoms with Crippen molar-refractivity contribution in [2.45, 2.75) is 43.5 Å². The van der Waals surface area contributed by atoms with Crippen molar-refractivity contribution in [2.24, 2.45) is 5.92 Å². The fourth-order valence-electron chi connectivity index (χ4n) is 2.41. The molecule has 1 saturated carbocycles. The molecule has 0 saturated heterocycles. The van der Waals surface area contributed by atoms with E-state index in [4.69, 9.17) is 5.73 Å². The van der Waals surface area contributed by atoms with Gasteiger partial charge in [0.25, 0.3) is 0 Å². The van der Waals surface area contributed by atoms with E-state index in [1.165, 1.54) is 0 Å². The third-order valence-corrected chi connectivity index (χ3v) is 5.90. The smallest absolute Gasteiger partial charge is 0.243 e. The highest BCUT2D eigenvalue weighted by Gasteiger charge is 2.26. The standard InChI is InChI=1S/C13H18BrFN2O2S/c1-8-2-4-9(5-3-8)17-20(18,19)13-7-12(16)10(14)6-11(13)15/h6-9,17H,2-5,16H2,1H3. The molecule has 4 nitrogen and oxygen atoms in total. The van der Waals surface area contributed by atoms with Crippen LogP contribution in [-0.4, -0.2) is 14.5 Å². The number of rotatable bonds is 3. The summed E-state index contributed by atoms with van der Waals surface area (Å²) in [4.78, 5) is -0.392. The second kappa shape index (κ2) is 5.99. The van der Waals surface area contributed by atoms with Gasteiger partial charge in [0.05, 0.1) is 0 Å².